The van der Waals surface area contributed by atoms with Crippen molar-refractivity contribution in [3.63, 3.8) is 0 Å². The molecule has 25 heavy (non-hydrogen) atoms. The van der Waals surface area contributed by atoms with Crippen LogP contribution in [0, 0.1) is 10.8 Å². The number of benzene rings is 2. The molecule has 0 radical (unpaired) electrons. The third kappa shape index (κ3) is 3.26. The highest BCUT2D eigenvalue weighted by molar-refractivity contribution is 5.83. The number of nitrogen functional groups attached to an aromatic ring is 1. The van der Waals surface area contributed by atoms with Gasteiger partial charge in [-0.2, -0.15) is 0 Å². The van der Waals surface area contributed by atoms with Crippen LogP contribution in [-0.4, -0.2) is 18.6 Å². The molecule has 0 saturated heterocycles. The molecule has 0 fully saturated rings. The van der Waals surface area contributed by atoms with Gasteiger partial charge in [-0.1, -0.05) is 19.9 Å². The Bertz CT molecular complexity index is 904. The number of hydrogen-bond donors (Lipinski definition) is 1. The molecule has 0 spiro atoms. The van der Waals surface area contributed by atoms with E-state index in [2.05, 4.69) is 10.3 Å². The Morgan fingerprint density at radius 3 is 2.76 bits per heavy atom. The summed E-state index contributed by atoms with van der Waals surface area (Å²) in [5.41, 5.74) is 9.14. The summed E-state index contributed by atoms with van der Waals surface area (Å²) >= 11 is 0. The molecule has 0 amide bonds. The molecular formula is C18H20N4O3. The van der Waals surface area contributed by atoms with Crippen LogP contribution >= 0.6 is 0 Å². The van der Waals surface area contributed by atoms with Crippen molar-refractivity contribution in [1.29, 1.82) is 0 Å². The van der Waals surface area contributed by atoms with Crippen molar-refractivity contribution in [2.45, 2.75) is 13.8 Å². The van der Waals surface area contributed by atoms with E-state index < -0.39 is 0 Å². The maximum Gasteiger partial charge on any atom is 0.227 e. The molecule has 7 heteroatoms. The molecule has 1 aromatic heterocycles. The lowest BCUT2D eigenvalue weighted by molar-refractivity contribution is 0.419. The van der Waals surface area contributed by atoms with Gasteiger partial charge in [0.05, 0.1) is 23.8 Å². The lowest BCUT2D eigenvalue weighted by atomic mass is 10.1. The van der Waals surface area contributed by atoms with E-state index in [4.69, 9.17) is 14.9 Å². The normalized spacial score (nSPS) is 11.0. The predicted molar refractivity (Wildman–Crippen MR) is 98.4 cm³/mol. The number of fused-ring (bicyclic) bond motifs is 1. The molecule has 0 atom stereocenters. The van der Waals surface area contributed by atoms with Crippen LogP contribution in [-0.2, 0) is 0 Å². The number of oxazole rings is 1. The number of hydrogen-bond acceptors (Lipinski definition) is 6. The molecule has 0 bridgehead atoms. The molecular weight excluding hydrogens is 320 g/mol. The molecule has 2 N–H and O–H groups in total. The summed E-state index contributed by atoms with van der Waals surface area (Å²) in [6.07, 6.45) is 0. The third-order valence-corrected chi connectivity index (χ3v) is 3.79. The zero-order valence-corrected chi connectivity index (χ0v) is 14.4. The number of nitrogens with two attached hydrogens (primary N) is 1. The fraction of sp³-hybridized carbons (Fsp3) is 0.278. The van der Waals surface area contributed by atoms with Crippen molar-refractivity contribution in [3.8, 4) is 17.2 Å². The molecule has 0 aliphatic rings. The largest absolute Gasteiger partial charge is 0.494 e. The summed E-state index contributed by atoms with van der Waals surface area (Å²) < 4.78 is 11.1. The quantitative estimate of drug-likeness (QED) is 0.410. The van der Waals surface area contributed by atoms with Gasteiger partial charge in [-0.3, -0.25) is 0 Å². The first-order chi connectivity index (χ1) is 12.0. The van der Waals surface area contributed by atoms with Crippen LogP contribution in [0.15, 0.2) is 46.1 Å². The van der Waals surface area contributed by atoms with E-state index >= 15 is 0 Å². The fourth-order valence-electron chi connectivity index (χ4n) is 2.66. The van der Waals surface area contributed by atoms with E-state index in [1.165, 1.54) is 5.01 Å². The first-order valence-electron chi connectivity index (χ1n) is 7.97. The zero-order valence-electron chi connectivity index (χ0n) is 14.4. The molecule has 0 aliphatic heterocycles. The number of nitrogens with zero attached hydrogens (tertiary/aromatic N) is 3. The summed E-state index contributed by atoms with van der Waals surface area (Å²) in [7, 11) is 1.59. The number of anilines is 2. The van der Waals surface area contributed by atoms with Crippen LogP contribution in [0.5, 0.6) is 5.75 Å². The second kappa shape index (κ2) is 6.80. The molecule has 1 heterocycles. The van der Waals surface area contributed by atoms with E-state index in [9.17, 15) is 4.91 Å². The van der Waals surface area contributed by atoms with E-state index in [-0.39, 0.29) is 5.92 Å². The second-order valence-electron chi connectivity index (χ2n) is 6.16. The number of aromatic nitrogens is 1. The Morgan fingerprint density at radius 2 is 2.12 bits per heavy atom. The van der Waals surface area contributed by atoms with Gasteiger partial charge in [0.2, 0.25) is 5.89 Å². The van der Waals surface area contributed by atoms with Crippen molar-refractivity contribution < 1.29 is 9.15 Å². The number of nitroso groups, excluding NO2 is 1. The third-order valence-electron chi connectivity index (χ3n) is 3.79. The fourth-order valence-corrected chi connectivity index (χ4v) is 2.66. The van der Waals surface area contributed by atoms with Gasteiger partial charge in [0.25, 0.3) is 0 Å². The van der Waals surface area contributed by atoms with Crippen LogP contribution in [0.1, 0.15) is 13.8 Å². The maximum atomic E-state index is 11.1. The average molecular weight is 340 g/mol. The van der Waals surface area contributed by atoms with E-state index in [0.717, 1.165) is 5.56 Å². The number of ether oxygens (including phenoxy) is 1. The Labute approximate surface area is 145 Å². The van der Waals surface area contributed by atoms with Crippen LogP contribution in [0.2, 0.25) is 0 Å². The van der Waals surface area contributed by atoms with Gasteiger partial charge in [0.15, 0.2) is 11.1 Å². The second-order valence-corrected chi connectivity index (χ2v) is 6.16. The minimum atomic E-state index is 0.279. The van der Waals surface area contributed by atoms with Gasteiger partial charge in [-0.25, -0.2) is 9.99 Å². The van der Waals surface area contributed by atoms with Crippen LogP contribution in [0.25, 0.3) is 22.6 Å². The number of rotatable bonds is 6. The van der Waals surface area contributed by atoms with Gasteiger partial charge in [0.1, 0.15) is 5.75 Å². The molecule has 0 saturated carbocycles. The lowest BCUT2D eigenvalue weighted by Gasteiger charge is -2.19. The molecule has 0 aliphatic carbocycles. The first-order valence-corrected chi connectivity index (χ1v) is 7.97. The Morgan fingerprint density at radius 1 is 1.32 bits per heavy atom. The summed E-state index contributed by atoms with van der Waals surface area (Å²) in [4.78, 5) is 15.6. The van der Waals surface area contributed by atoms with E-state index in [1.807, 2.05) is 32.0 Å². The first kappa shape index (κ1) is 16.8. The van der Waals surface area contributed by atoms with Crippen molar-refractivity contribution in [1.82, 2.24) is 4.98 Å². The van der Waals surface area contributed by atoms with Gasteiger partial charge < -0.3 is 14.9 Å². The van der Waals surface area contributed by atoms with Crippen molar-refractivity contribution in [3.05, 3.63) is 41.3 Å². The molecule has 7 nitrogen and oxygen atoms in total. The summed E-state index contributed by atoms with van der Waals surface area (Å²) in [5, 5.41) is 4.43. The Kier molecular flexibility index (Phi) is 4.56. The van der Waals surface area contributed by atoms with Crippen LogP contribution in [0.4, 0.5) is 11.4 Å². The molecule has 3 rings (SSSR count). The standard InChI is InChI=1S/C18H20N4O3/c1-11(2)10-22(21-23)14-8-7-12(9-13(14)19)18-20-17-15(24-3)5-4-6-16(17)25-18/h4-9,11H,10,19H2,1-3H3. The van der Waals surface area contributed by atoms with E-state index in [1.54, 1.807) is 25.3 Å². The number of methoxy groups -OCH3 is 1. The highest BCUT2D eigenvalue weighted by Gasteiger charge is 2.16. The minimum absolute atomic E-state index is 0.279. The molecule has 2 aromatic carbocycles. The molecule has 0 unspecified atom stereocenters. The van der Waals surface area contributed by atoms with E-state index in [0.29, 0.717) is 40.7 Å². The lowest BCUT2D eigenvalue weighted by Crippen LogP contribution is -2.22. The Hall–Kier alpha value is -3.09. The topological polar surface area (TPSA) is 94.0 Å². The SMILES string of the molecule is COc1cccc2oc(-c3ccc(N(CC(C)C)N=O)c(N)c3)nc12. The highest BCUT2D eigenvalue weighted by Crippen LogP contribution is 2.33. The van der Waals surface area contributed by atoms with Crippen molar-refractivity contribution in [2.24, 2.45) is 11.2 Å². The molecule has 3 aromatic rings. The summed E-state index contributed by atoms with van der Waals surface area (Å²) in [5.74, 6) is 1.36. The van der Waals surface area contributed by atoms with Crippen molar-refractivity contribution >= 4 is 22.5 Å². The van der Waals surface area contributed by atoms with Gasteiger partial charge in [0, 0.05) is 12.1 Å². The Balaban J connectivity index is 1.99. The smallest absolute Gasteiger partial charge is 0.227 e. The number of para-hydroxylation sites is 1. The van der Waals surface area contributed by atoms with Crippen LogP contribution in [0.3, 0.4) is 0 Å². The van der Waals surface area contributed by atoms with Gasteiger partial charge in [-0.15, -0.1) is 4.91 Å². The van der Waals surface area contributed by atoms with Gasteiger partial charge >= 0.3 is 0 Å². The predicted octanol–water partition coefficient (Wildman–Crippen LogP) is 4.23. The average Bonchev–Trinajstić information content (AvgIpc) is 3.03. The summed E-state index contributed by atoms with van der Waals surface area (Å²) in [6, 6.07) is 10.8. The maximum absolute atomic E-state index is 11.1. The van der Waals surface area contributed by atoms with Crippen molar-refractivity contribution in [2.75, 3.05) is 24.4 Å². The van der Waals surface area contributed by atoms with Gasteiger partial charge in [-0.05, 0) is 36.2 Å². The monoisotopic (exact) mass is 340 g/mol. The zero-order chi connectivity index (χ0) is 18.0. The molecule has 130 valence electrons. The minimum Gasteiger partial charge on any atom is -0.494 e. The highest BCUT2D eigenvalue weighted by atomic mass is 16.5. The van der Waals surface area contributed by atoms with Crippen LogP contribution < -0.4 is 15.5 Å². The summed E-state index contributed by atoms with van der Waals surface area (Å²) in [6.45, 7) is 4.51.